The first-order chi connectivity index (χ1) is 14.1. The van der Waals surface area contributed by atoms with E-state index in [1.54, 1.807) is 25.3 Å². The van der Waals surface area contributed by atoms with Gasteiger partial charge < -0.3 is 24.1 Å². The number of morpholine rings is 1. The SMILES string of the molecule is COc1cc(C(=O)NCCCN2CCOCC2)ccc1OCc1c(C)noc1C. The van der Waals surface area contributed by atoms with E-state index in [0.29, 0.717) is 30.2 Å². The highest BCUT2D eigenvalue weighted by atomic mass is 16.5. The van der Waals surface area contributed by atoms with Crippen molar-refractivity contribution in [3.8, 4) is 11.5 Å². The third-order valence-electron chi connectivity index (χ3n) is 5.02. The molecular weight excluding hydrogens is 374 g/mol. The maximum absolute atomic E-state index is 12.4. The van der Waals surface area contributed by atoms with Gasteiger partial charge in [-0.3, -0.25) is 9.69 Å². The van der Waals surface area contributed by atoms with Gasteiger partial charge in [-0.15, -0.1) is 0 Å². The van der Waals surface area contributed by atoms with Crippen molar-refractivity contribution in [1.29, 1.82) is 0 Å². The lowest BCUT2D eigenvalue weighted by Gasteiger charge is -2.26. The molecule has 0 aliphatic carbocycles. The van der Waals surface area contributed by atoms with Crippen molar-refractivity contribution in [1.82, 2.24) is 15.4 Å². The lowest BCUT2D eigenvalue weighted by molar-refractivity contribution is 0.0374. The number of ether oxygens (including phenoxy) is 3. The van der Waals surface area contributed by atoms with Gasteiger partial charge in [0.1, 0.15) is 12.4 Å². The number of nitrogens with zero attached hydrogens (tertiary/aromatic N) is 2. The molecule has 158 valence electrons. The second kappa shape index (κ2) is 10.3. The molecule has 3 rings (SSSR count). The molecule has 2 heterocycles. The molecular formula is C21H29N3O5. The summed E-state index contributed by atoms with van der Waals surface area (Å²) in [4.78, 5) is 14.8. The minimum absolute atomic E-state index is 0.123. The van der Waals surface area contributed by atoms with Gasteiger partial charge in [0.05, 0.1) is 31.6 Å². The molecule has 8 heteroatoms. The van der Waals surface area contributed by atoms with Crippen LogP contribution in [0.2, 0.25) is 0 Å². The fourth-order valence-electron chi connectivity index (χ4n) is 3.22. The van der Waals surface area contributed by atoms with E-state index in [1.807, 2.05) is 13.8 Å². The highest BCUT2D eigenvalue weighted by Gasteiger charge is 2.14. The lowest BCUT2D eigenvalue weighted by Crippen LogP contribution is -2.38. The van der Waals surface area contributed by atoms with Gasteiger partial charge in [0.2, 0.25) is 0 Å². The third-order valence-corrected chi connectivity index (χ3v) is 5.02. The molecule has 1 N–H and O–H groups in total. The van der Waals surface area contributed by atoms with Crippen LogP contribution in [-0.4, -0.2) is 62.5 Å². The summed E-state index contributed by atoms with van der Waals surface area (Å²) in [5.74, 6) is 1.69. The normalized spacial score (nSPS) is 14.6. The van der Waals surface area contributed by atoms with Crippen LogP contribution >= 0.6 is 0 Å². The van der Waals surface area contributed by atoms with Crippen LogP contribution in [0.1, 0.15) is 33.8 Å². The first-order valence-electron chi connectivity index (χ1n) is 9.89. The number of carbonyl (C=O) groups is 1. The Morgan fingerprint density at radius 3 is 2.72 bits per heavy atom. The molecule has 0 bridgehead atoms. The second-order valence-corrected chi connectivity index (χ2v) is 7.02. The molecule has 8 nitrogen and oxygen atoms in total. The van der Waals surface area contributed by atoms with Crippen LogP contribution in [-0.2, 0) is 11.3 Å². The number of hydrogen-bond acceptors (Lipinski definition) is 7. The Kier molecular flexibility index (Phi) is 7.48. The summed E-state index contributed by atoms with van der Waals surface area (Å²) < 4.78 is 21.8. The van der Waals surface area contributed by atoms with Crippen LogP contribution in [0.4, 0.5) is 0 Å². The van der Waals surface area contributed by atoms with Crippen LogP contribution in [0.5, 0.6) is 11.5 Å². The molecule has 1 saturated heterocycles. The van der Waals surface area contributed by atoms with Crippen LogP contribution in [0.25, 0.3) is 0 Å². The first kappa shape index (κ1) is 21.1. The molecule has 2 aromatic rings. The summed E-state index contributed by atoms with van der Waals surface area (Å²) in [5.41, 5.74) is 2.25. The van der Waals surface area contributed by atoms with E-state index in [2.05, 4.69) is 15.4 Å². The Bertz CT molecular complexity index is 795. The summed E-state index contributed by atoms with van der Waals surface area (Å²) in [6.07, 6.45) is 0.904. The number of benzene rings is 1. The Hall–Kier alpha value is -2.58. The van der Waals surface area contributed by atoms with E-state index in [-0.39, 0.29) is 5.91 Å². The van der Waals surface area contributed by atoms with Gasteiger partial charge in [-0.2, -0.15) is 0 Å². The summed E-state index contributed by atoms with van der Waals surface area (Å²) in [5, 5.41) is 6.89. The summed E-state index contributed by atoms with van der Waals surface area (Å²) in [6, 6.07) is 5.18. The first-order valence-corrected chi connectivity index (χ1v) is 9.89. The van der Waals surface area contributed by atoms with Crippen molar-refractivity contribution < 1.29 is 23.5 Å². The molecule has 0 radical (unpaired) electrons. The number of aryl methyl sites for hydroxylation is 2. The Balaban J connectivity index is 1.51. The number of hydrogen-bond donors (Lipinski definition) is 1. The van der Waals surface area contributed by atoms with Crippen molar-refractivity contribution in [2.24, 2.45) is 0 Å². The fourth-order valence-corrected chi connectivity index (χ4v) is 3.22. The molecule has 1 aliphatic rings. The predicted octanol–water partition coefficient (Wildman–Crippen LogP) is 2.33. The molecule has 0 spiro atoms. The van der Waals surface area contributed by atoms with Crippen molar-refractivity contribution in [3.05, 3.63) is 40.8 Å². The number of aromatic nitrogens is 1. The van der Waals surface area contributed by atoms with E-state index in [9.17, 15) is 4.79 Å². The monoisotopic (exact) mass is 403 g/mol. The molecule has 1 aliphatic heterocycles. The highest BCUT2D eigenvalue weighted by molar-refractivity contribution is 5.94. The minimum atomic E-state index is -0.123. The summed E-state index contributed by atoms with van der Waals surface area (Å²) >= 11 is 0. The molecule has 1 aromatic carbocycles. The number of amides is 1. The Morgan fingerprint density at radius 1 is 1.24 bits per heavy atom. The zero-order valence-corrected chi connectivity index (χ0v) is 17.3. The van der Waals surface area contributed by atoms with E-state index >= 15 is 0 Å². The molecule has 1 aromatic heterocycles. The van der Waals surface area contributed by atoms with E-state index in [1.165, 1.54) is 0 Å². The zero-order valence-electron chi connectivity index (χ0n) is 17.3. The molecule has 0 saturated carbocycles. The van der Waals surface area contributed by atoms with Crippen molar-refractivity contribution in [2.75, 3.05) is 46.5 Å². The van der Waals surface area contributed by atoms with E-state index < -0.39 is 0 Å². The topological polar surface area (TPSA) is 86.1 Å². The van der Waals surface area contributed by atoms with Crippen molar-refractivity contribution in [2.45, 2.75) is 26.9 Å². The lowest BCUT2D eigenvalue weighted by atomic mass is 10.2. The predicted molar refractivity (Wildman–Crippen MR) is 108 cm³/mol. The van der Waals surface area contributed by atoms with Gasteiger partial charge in [-0.25, -0.2) is 0 Å². The largest absolute Gasteiger partial charge is 0.493 e. The van der Waals surface area contributed by atoms with E-state index in [0.717, 1.165) is 56.3 Å². The van der Waals surface area contributed by atoms with Crippen LogP contribution < -0.4 is 14.8 Å². The Morgan fingerprint density at radius 2 is 2.03 bits per heavy atom. The number of nitrogens with one attached hydrogen (secondary N) is 1. The van der Waals surface area contributed by atoms with Crippen LogP contribution in [0, 0.1) is 13.8 Å². The van der Waals surface area contributed by atoms with Gasteiger partial charge in [-0.1, -0.05) is 5.16 Å². The minimum Gasteiger partial charge on any atom is -0.493 e. The third kappa shape index (κ3) is 5.71. The van der Waals surface area contributed by atoms with Crippen LogP contribution in [0.3, 0.4) is 0 Å². The molecule has 0 atom stereocenters. The molecule has 29 heavy (non-hydrogen) atoms. The van der Waals surface area contributed by atoms with Gasteiger partial charge >= 0.3 is 0 Å². The second-order valence-electron chi connectivity index (χ2n) is 7.02. The summed E-state index contributed by atoms with van der Waals surface area (Å²) in [6.45, 7) is 9.13. The number of rotatable bonds is 9. The van der Waals surface area contributed by atoms with Crippen molar-refractivity contribution >= 4 is 5.91 Å². The number of methoxy groups -OCH3 is 1. The average Bonchev–Trinajstić information content (AvgIpc) is 3.07. The molecule has 1 amide bonds. The maximum atomic E-state index is 12.4. The van der Waals surface area contributed by atoms with Gasteiger partial charge in [0.25, 0.3) is 5.91 Å². The van der Waals surface area contributed by atoms with Gasteiger partial charge in [0, 0.05) is 25.2 Å². The molecule has 0 unspecified atom stereocenters. The van der Waals surface area contributed by atoms with Gasteiger partial charge in [-0.05, 0) is 45.0 Å². The fraction of sp³-hybridized carbons (Fsp3) is 0.524. The zero-order chi connectivity index (χ0) is 20.6. The van der Waals surface area contributed by atoms with E-state index in [4.69, 9.17) is 18.7 Å². The maximum Gasteiger partial charge on any atom is 0.251 e. The smallest absolute Gasteiger partial charge is 0.251 e. The van der Waals surface area contributed by atoms with Gasteiger partial charge in [0.15, 0.2) is 11.5 Å². The highest BCUT2D eigenvalue weighted by Crippen LogP contribution is 2.29. The molecule has 1 fully saturated rings. The van der Waals surface area contributed by atoms with Crippen molar-refractivity contribution in [3.63, 3.8) is 0 Å². The van der Waals surface area contributed by atoms with Crippen LogP contribution in [0.15, 0.2) is 22.7 Å². The summed E-state index contributed by atoms with van der Waals surface area (Å²) in [7, 11) is 1.56. The standard InChI is InChI=1S/C21H29N3O5/c1-15-18(16(2)29-23-15)14-28-19-6-5-17(13-20(19)26-3)21(25)22-7-4-8-24-9-11-27-12-10-24/h5-6,13H,4,7-12,14H2,1-3H3,(H,22,25). The average molecular weight is 403 g/mol. The number of carbonyl (C=O) groups excluding carboxylic acids is 1. The quantitative estimate of drug-likeness (QED) is 0.643. The Labute approximate surface area is 171 Å².